The number of ether oxygens (including phenoxy) is 2. The van der Waals surface area contributed by atoms with Crippen LogP contribution in [0.25, 0.3) is 0 Å². The van der Waals surface area contributed by atoms with Gasteiger partial charge in [-0.15, -0.1) is 0 Å². The second kappa shape index (κ2) is 6.71. The van der Waals surface area contributed by atoms with E-state index < -0.39 is 0 Å². The van der Waals surface area contributed by atoms with Crippen LogP contribution in [0.4, 0.5) is 0 Å². The topological polar surface area (TPSA) is 23.4 Å². The molecule has 0 unspecified atom stereocenters. The van der Waals surface area contributed by atoms with Gasteiger partial charge in [0.05, 0.1) is 0 Å². The number of rotatable bonds is 7. The van der Waals surface area contributed by atoms with E-state index in [9.17, 15) is 0 Å². The molecule has 0 spiro atoms. The van der Waals surface area contributed by atoms with E-state index in [1.165, 1.54) is 11.3 Å². The minimum absolute atomic E-state index is 0.145. The molecule has 16 heavy (non-hydrogen) atoms. The molecule has 1 aromatic rings. The van der Waals surface area contributed by atoms with Crippen molar-refractivity contribution < 1.29 is 9.47 Å². The minimum Gasteiger partial charge on any atom is -0.354 e. The largest absolute Gasteiger partial charge is 0.354 e. The van der Waals surface area contributed by atoms with Crippen molar-refractivity contribution in [2.75, 3.05) is 13.2 Å². The van der Waals surface area contributed by atoms with Crippen LogP contribution in [0, 0.1) is 6.92 Å². The molecule has 1 rings (SSSR count). The fourth-order valence-corrected chi connectivity index (χ4v) is 1.81. The molecule has 1 heterocycles. The summed E-state index contributed by atoms with van der Waals surface area (Å²) in [6, 6.07) is 2.11. The summed E-state index contributed by atoms with van der Waals surface area (Å²) in [4.78, 5) is 0. The van der Waals surface area contributed by atoms with Gasteiger partial charge >= 0.3 is 0 Å². The molecular weight excluding hydrogens is 202 g/mol. The molecule has 0 amide bonds. The van der Waals surface area contributed by atoms with Gasteiger partial charge in [-0.25, -0.2) is 0 Å². The number of hydrogen-bond donors (Lipinski definition) is 0. The van der Waals surface area contributed by atoms with Crippen LogP contribution in [0.2, 0.25) is 0 Å². The summed E-state index contributed by atoms with van der Waals surface area (Å²) in [7, 11) is 2.05. The molecule has 0 bridgehead atoms. The summed E-state index contributed by atoms with van der Waals surface area (Å²) in [5.74, 6) is 0. The maximum absolute atomic E-state index is 5.55. The monoisotopic (exact) mass is 224 g/mol. The van der Waals surface area contributed by atoms with Crippen LogP contribution in [-0.4, -0.2) is 24.1 Å². The smallest absolute Gasteiger partial charge is 0.162 e. The molecule has 0 aromatic carbocycles. The second-order valence-electron chi connectivity index (χ2n) is 3.69. The SMILES string of the molecule is [CH2]Cc1ccn(C)c1CC(OCC)OCC. The molecular formula is C13H22NO2. The third kappa shape index (κ3) is 3.35. The summed E-state index contributed by atoms with van der Waals surface area (Å²) < 4.78 is 13.2. The maximum atomic E-state index is 5.55. The zero-order valence-corrected chi connectivity index (χ0v) is 10.5. The van der Waals surface area contributed by atoms with E-state index in [-0.39, 0.29) is 6.29 Å². The Hall–Kier alpha value is -0.800. The highest BCUT2D eigenvalue weighted by Gasteiger charge is 2.14. The van der Waals surface area contributed by atoms with Gasteiger partial charge in [-0.3, -0.25) is 0 Å². The lowest BCUT2D eigenvalue weighted by Gasteiger charge is -2.18. The van der Waals surface area contributed by atoms with Crippen LogP contribution in [0.5, 0.6) is 0 Å². The van der Waals surface area contributed by atoms with Gasteiger partial charge in [-0.1, -0.05) is 0 Å². The summed E-state index contributed by atoms with van der Waals surface area (Å²) >= 11 is 0. The maximum Gasteiger partial charge on any atom is 0.162 e. The van der Waals surface area contributed by atoms with Gasteiger partial charge in [-0.05, 0) is 38.8 Å². The van der Waals surface area contributed by atoms with E-state index in [0.29, 0.717) is 13.2 Å². The standard InChI is InChI=1S/C13H22NO2/c1-5-11-8-9-14(4)12(11)10-13(15-6-2)16-7-3/h8-9,13H,1,5-7,10H2,2-4H3. The first-order valence-electron chi connectivity index (χ1n) is 5.88. The van der Waals surface area contributed by atoms with E-state index >= 15 is 0 Å². The van der Waals surface area contributed by atoms with Gasteiger partial charge in [-0.2, -0.15) is 0 Å². The van der Waals surface area contributed by atoms with Gasteiger partial charge in [0.2, 0.25) is 0 Å². The summed E-state index contributed by atoms with van der Waals surface area (Å²) in [6.45, 7) is 9.26. The lowest BCUT2D eigenvalue weighted by atomic mass is 10.1. The Kier molecular flexibility index (Phi) is 5.56. The van der Waals surface area contributed by atoms with Crippen molar-refractivity contribution in [3.8, 4) is 0 Å². The molecule has 0 fully saturated rings. The first-order chi connectivity index (χ1) is 7.72. The number of nitrogens with zero attached hydrogens (tertiary/aromatic N) is 1. The zero-order valence-electron chi connectivity index (χ0n) is 10.5. The molecule has 3 nitrogen and oxygen atoms in total. The molecule has 1 radical (unpaired) electrons. The van der Waals surface area contributed by atoms with E-state index in [1.54, 1.807) is 0 Å². The van der Waals surface area contributed by atoms with E-state index in [1.807, 2.05) is 20.9 Å². The van der Waals surface area contributed by atoms with Crippen molar-refractivity contribution in [1.82, 2.24) is 4.57 Å². The Morgan fingerprint density at radius 3 is 2.44 bits per heavy atom. The molecule has 0 saturated carbocycles. The Labute approximate surface area is 98.4 Å². The van der Waals surface area contributed by atoms with Crippen molar-refractivity contribution >= 4 is 0 Å². The molecule has 0 aliphatic rings. The first kappa shape index (κ1) is 13.3. The lowest BCUT2D eigenvalue weighted by molar-refractivity contribution is -0.135. The molecule has 0 aliphatic carbocycles. The van der Waals surface area contributed by atoms with Crippen molar-refractivity contribution in [1.29, 1.82) is 0 Å². The first-order valence-corrected chi connectivity index (χ1v) is 5.88. The zero-order chi connectivity index (χ0) is 12.0. The molecule has 0 aliphatic heterocycles. The third-order valence-electron chi connectivity index (χ3n) is 2.63. The molecule has 0 N–H and O–H groups in total. The predicted octanol–water partition coefficient (Wildman–Crippen LogP) is 2.34. The van der Waals surface area contributed by atoms with Crippen LogP contribution in [0.1, 0.15) is 25.1 Å². The normalized spacial score (nSPS) is 11.3. The minimum atomic E-state index is -0.145. The van der Waals surface area contributed by atoms with Gasteiger partial charge in [0.15, 0.2) is 6.29 Å². The van der Waals surface area contributed by atoms with Crippen LogP contribution in [0.15, 0.2) is 12.3 Å². The van der Waals surface area contributed by atoms with Crippen LogP contribution < -0.4 is 0 Å². The van der Waals surface area contributed by atoms with Crippen molar-refractivity contribution in [2.45, 2.75) is 33.0 Å². The van der Waals surface area contributed by atoms with Gasteiger partial charge in [0.25, 0.3) is 0 Å². The summed E-state index contributed by atoms with van der Waals surface area (Å²) in [5.41, 5.74) is 2.52. The number of aryl methyl sites for hydroxylation is 1. The molecule has 91 valence electrons. The average molecular weight is 224 g/mol. The molecule has 3 heteroatoms. The third-order valence-corrected chi connectivity index (χ3v) is 2.63. The van der Waals surface area contributed by atoms with E-state index in [0.717, 1.165) is 12.8 Å². The van der Waals surface area contributed by atoms with Crippen molar-refractivity contribution in [2.24, 2.45) is 7.05 Å². The Morgan fingerprint density at radius 1 is 1.31 bits per heavy atom. The van der Waals surface area contributed by atoms with Crippen LogP contribution in [0.3, 0.4) is 0 Å². The number of hydrogen-bond acceptors (Lipinski definition) is 2. The quantitative estimate of drug-likeness (QED) is 0.664. The van der Waals surface area contributed by atoms with Crippen LogP contribution >= 0.6 is 0 Å². The summed E-state index contributed by atoms with van der Waals surface area (Å²) in [6.07, 6.45) is 3.51. The summed E-state index contributed by atoms with van der Waals surface area (Å²) in [5, 5.41) is 0. The Balaban J connectivity index is 2.71. The Morgan fingerprint density at radius 2 is 1.94 bits per heavy atom. The highest BCUT2D eigenvalue weighted by molar-refractivity contribution is 5.23. The molecule has 0 saturated heterocycles. The molecule has 0 atom stereocenters. The van der Waals surface area contributed by atoms with E-state index in [4.69, 9.17) is 9.47 Å². The van der Waals surface area contributed by atoms with Crippen molar-refractivity contribution in [3.63, 3.8) is 0 Å². The van der Waals surface area contributed by atoms with Gasteiger partial charge in [0.1, 0.15) is 0 Å². The molecule has 1 aromatic heterocycles. The van der Waals surface area contributed by atoms with Gasteiger partial charge in [0, 0.05) is 38.6 Å². The number of aromatic nitrogens is 1. The second-order valence-corrected chi connectivity index (χ2v) is 3.69. The van der Waals surface area contributed by atoms with Crippen LogP contribution in [-0.2, 0) is 29.4 Å². The Bertz CT molecular complexity index is 301. The average Bonchev–Trinajstić information content (AvgIpc) is 2.61. The van der Waals surface area contributed by atoms with E-state index in [2.05, 4.69) is 23.8 Å². The van der Waals surface area contributed by atoms with Crippen molar-refractivity contribution in [3.05, 3.63) is 30.4 Å². The highest BCUT2D eigenvalue weighted by Crippen LogP contribution is 2.14. The predicted molar refractivity (Wildman–Crippen MR) is 65.2 cm³/mol. The van der Waals surface area contributed by atoms with Gasteiger partial charge < -0.3 is 14.0 Å². The fourth-order valence-electron chi connectivity index (χ4n) is 1.81. The lowest BCUT2D eigenvalue weighted by Crippen LogP contribution is -2.22. The fraction of sp³-hybridized carbons (Fsp3) is 0.615. The highest BCUT2D eigenvalue weighted by atomic mass is 16.7.